The highest BCUT2D eigenvalue weighted by molar-refractivity contribution is 5.94. The normalized spacial score (nSPS) is 12.1. The zero-order valence-electron chi connectivity index (χ0n) is 11.8. The summed E-state index contributed by atoms with van der Waals surface area (Å²) in [5, 5.41) is 11.5. The van der Waals surface area contributed by atoms with Crippen molar-refractivity contribution in [2.45, 2.75) is 26.8 Å². The quantitative estimate of drug-likeness (QED) is 0.871. The van der Waals surface area contributed by atoms with E-state index in [9.17, 15) is 14.0 Å². The molecule has 0 bridgehead atoms. The van der Waals surface area contributed by atoms with Gasteiger partial charge < -0.3 is 10.4 Å². The first-order chi connectivity index (χ1) is 9.38. The fraction of sp³-hybridized carbons (Fsp3) is 0.429. The molecule has 0 spiro atoms. The Morgan fingerprint density at radius 2 is 1.95 bits per heavy atom. The minimum atomic E-state index is -1.11. The van der Waals surface area contributed by atoms with Crippen LogP contribution in [0.25, 0.3) is 0 Å². The van der Waals surface area contributed by atoms with Gasteiger partial charge in [-0.1, -0.05) is 26.0 Å². The number of carbonyl (C=O) groups is 2. The molecule has 0 saturated carbocycles. The molecule has 1 atom stereocenters. The molecular formula is C14H19FN2O3. The topological polar surface area (TPSA) is 69.6 Å². The highest BCUT2D eigenvalue weighted by atomic mass is 19.1. The molecule has 1 aromatic rings. The molecule has 5 nitrogen and oxygen atoms in total. The highest BCUT2D eigenvalue weighted by Crippen LogP contribution is 2.18. The van der Waals surface area contributed by atoms with Crippen molar-refractivity contribution in [3.05, 3.63) is 30.1 Å². The van der Waals surface area contributed by atoms with Gasteiger partial charge in [0.1, 0.15) is 11.9 Å². The predicted octanol–water partition coefficient (Wildman–Crippen LogP) is 2.47. The lowest BCUT2D eigenvalue weighted by atomic mass is 10.1. The second-order valence-corrected chi connectivity index (χ2v) is 4.71. The number of halogens is 1. The molecule has 20 heavy (non-hydrogen) atoms. The Hall–Kier alpha value is -2.11. The molecule has 0 saturated heterocycles. The molecule has 0 aliphatic heterocycles. The van der Waals surface area contributed by atoms with Crippen LogP contribution in [-0.4, -0.2) is 29.7 Å². The third-order valence-electron chi connectivity index (χ3n) is 2.92. The second kappa shape index (κ2) is 6.88. The number of nitrogens with one attached hydrogen (secondary N) is 1. The zero-order valence-corrected chi connectivity index (χ0v) is 11.8. The van der Waals surface area contributed by atoms with Crippen molar-refractivity contribution in [2.24, 2.45) is 5.92 Å². The van der Waals surface area contributed by atoms with Gasteiger partial charge >= 0.3 is 12.0 Å². The van der Waals surface area contributed by atoms with Crippen LogP contribution in [0.15, 0.2) is 24.3 Å². The van der Waals surface area contributed by atoms with Crippen LogP contribution >= 0.6 is 0 Å². The van der Waals surface area contributed by atoms with Gasteiger partial charge in [0, 0.05) is 6.54 Å². The van der Waals surface area contributed by atoms with E-state index in [1.165, 1.54) is 23.1 Å². The van der Waals surface area contributed by atoms with Crippen molar-refractivity contribution in [1.29, 1.82) is 0 Å². The van der Waals surface area contributed by atoms with Crippen molar-refractivity contribution in [1.82, 2.24) is 5.32 Å². The Morgan fingerprint density at radius 3 is 2.40 bits per heavy atom. The highest BCUT2D eigenvalue weighted by Gasteiger charge is 2.26. The molecule has 110 valence electrons. The van der Waals surface area contributed by atoms with E-state index in [0.717, 1.165) is 0 Å². The molecule has 0 radical (unpaired) electrons. The average Bonchev–Trinajstić information content (AvgIpc) is 2.38. The molecule has 2 amide bonds. The van der Waals surface area contributed by atoms with E-state index in [1.54, 1.807) is 26.8 Å². The number of aliphatic carboxylic acids is 1. The van der Waals surface area contributed by atoms with Gasteiger partial charge in [-0.3, -0.25) is 4.90 Å². The summed E-state index contributed by atoms with van der Waals surface area (Å²) in [6.45, 7) is 5.31. The molecule has 0 heterocycles. The van der Waals surface area contributed by atoms with Crippen LogP contribution in [-0.2, 0) is 4.79 Å². The number of nitrogens with zero attached hydrogens (tertiary/aromatic N) is 1. The molecule has 1 rings (SSSR count). The Bertz CT molecular complexity index is 491. The zero-order chi connectivity index (χ0) is 15.3. The molecule has 0 aromatic heterocycles. The predicted molar refractivity (Wildman–Crippen MR) is 74.2 cm³/mol. The van der Waals surface area contributed by atoms with Gasteiger partial charge in [0.25, 0.3) is 0 Å². The number of urea groups is 1. The third-order valence-corrected chi connectivity index (χ3v) is 2.92. The number of carboxylic acids is 1. The number of carbonyl (C=O) groups excluding carboxylic acids is 1. The maximum absolute atomic E-state index is 13.7. The van der Waals surface area contributed by atoms with Gasteiger partial charge in [0.05, 0.1) is 5.69 Å². The number of para-hydroxylation sites is 1. The summed E-state index contributed by atoms with van der Waals surface area (Å²) < 4.78 is 13.7. The minimum Gasteiger partial charge on any atom is -0.480 e. The van der Waals surface area contributed by atoms with Crippen molar-refractivity contribution in [3.63, 3.8) is 0 Å². The molecule has 0 aliphatic carbocycles. The Kier molecular flexibility index (Phi) is 5.49. The van der Waals surface area contributed by atoms with Crippen molar-refractivity contribution >= 4 is 17.7 Å². The van der Waals surface area contributed by atoms with Gasteiger partial charge in [0.2, 0.25) is 0 Å². The van der Waals surface area contributed by atoms with Crippen LogP contribution in [0, 0.1) is 11.7 Å². The first-order valence-electron chi connectivity index (χ1n) is 6.43. The van der Waals surface area contributed by atoms with Gasteiger partial charge in [-0.2, -0.15) is 0 Å². The SMILES string of the molecule is CCN(C(=O)NC(C(=O)O)C(C)C)c1ccccc1F. The molecule has 1 unspecified atom stereocenters. The number of rotatable bonds is 5. The first kappa shape index (κ1) is 15.9. The fourth-order valence-electron chi connectivity index (χ4n) is 1.82. The molecule has 0 aliphatic rings. The summed E-state index contributed by atoms with van der Waals surface area (Å²) in [6, 6.07) is 4.23. The molecule has 6 heteroatoms. The number of benzene rings is 1. The Morgan fingerprint density at radius 1 is 1.35 bits per heavy atom. The van der Waals surface area contributed by atoms with E-state index in [-0.39, 0.29) is 18.2 Å². The van der Waals surface area contributed by atoms with Gasteiger partial charge in [-0.25, -0.2) is 14.0 Å². The van der Waals surface area contributed by atoms with Crippen molar-refractivity contribution < 1.29 is 19.1 Å². The summed E-state index contributed by atoms with van der Waals surface area (Å²) in [5.41, 5.74) is 0.125. The Balaban J connectivity index is 2.93. The largest absolute Gasteiger partial charge is 0.480 e. The van der Waals surface area contributed by atoms with Crippen LogP contribution in [0.1, 0.15) is 20.8 Å². The van der Waals surface area contributed by atoms with Crippen LogP contribution in [0.3, 0.4) is 0 Å². The summed E-state index contributed by atoms with van der Waals surface area (Å²) >= 11 is 0. The number of hydrogen-bond donors (Lipinski definition) is 2. The molecule has 0 fully saturated rings. The summed E-state index contributed by atoms with van der Waals surface area (Å²) in [7, 11) is 0. The van der Waals surface area contributed by atoms with Crippen molar-refractivity contribution in [3.8, 4) is 0 Å². The van der Waals surface area contributed by atoms with E-state index in [4.69, 9.17) is 5.11 Å². The number of hydrogen-bond acceptors (Lipinski definition) is 2. The minimum absolute atomic E-state index is 0.125. The van der Waals surface area contributed by atoms with Gasteiger partial charge in [-0.15, -0.1) is 0 Å². The van der Waals surface area contributed by atoms with E-state index in [2.05, 4.69) is 5.32 Å². The van der Waals surface area contributed by atoms with E-state index >= 15 is 0 Å². The van der Waals surface area contributed by atoms with E-state index in [0.29, 0.717) is 0 Å². The summed E-state index contributed by atoms with van der Waals surface area (Å²) in [4.78, 5) is 24.4. The average molecular weight is 282 g/mol. The lowest BCUT2D eigenvalue weighted by Crippen LogP contribution is -2.50. The lowest BCUT2D eigenvalue weighted by Gasteiger charge is -2.25. The first-order valence-corrected chi connectivity index (χ1v) is 6.43. The molecule has 2 N–H and O–H groups in total. The van der Waals surface area contributed by atoms with Crippen molar-refractivity contribution in [2.75, 3.05) is 11.4 Å². The monoisotopic (exact) mass is 282 g/mol. The fourth-order valence-corrected chi connectivity index (χ4v) is 1.82. The smallest absolute Gasteiger partial charge is 0.326 e. The van der Waals surface area contributed by atoms with Crippen LogP contribution in [0.5, 0.6) is 0 Å². The molecule has 1 aromatic carbocycles. The number of carboxylic acid groups (broad SMARTS) is 1. The second-order valence-electron chi connectivity index (χ2n) is 4.71. The van der Waals surface area contributed by atoms with Gasteiger partial charge in [0.15, 0.2) is 0 Å². The summed E-state index contributed by atoms with van der Waals surface area (Å²) in [6.07, 6.45) is 0. The maximum atomic E-state index is 13.7. The molecular weight excluding hydrogens is 263 g/mol. The summed E-state index contributed by atoms with van der Waals surface area (Å²) in [5.74, 6) is -1.91. The van der Waals surface area contributed by atoms with Gasteiger partial charge in [-0.05, 0) is 25.0 Å². The number of amides is 2. The van der Waals surface area contributed by atoms with Crippen LogP contribution in [0.4, 0.5) is 14.9 Å². The van der Waals surface area contributed by atoms with E-state index in [1.807, 2.05) is 0 Å². The number of anilines is 1. The van der Waals surface area contributed by atoms with Crippen LogP contribution in [0.2, 0.25) is 0 Å². The van der Waals surface area contributed by atoms with E-state index < -0.39 is 23.9 Å². The van der Waals surface area contributed by atoms with Crippen LogP contribution < -0.4 is 10.2 Å². The lowest BCUT2D eigenvalue weighted by molar-refractivity contribution is -0.140. The standard InChI is InChI=1S/C14H19FN2O3/c1-4-17(11-8-6-5-7-10(11)15)14(20)16-12(9(2)3)13(18)19/h5-9,12H,4H2,1-3H3,(H,16,20)(H,18,19). The third kappa shape index (κ3) is 3.69. The Labute approximate surface area is 117 Å². The maximum Gasteiger partial charge on any atom is 0.326 e.